The number of hydrogen-bond acceptors (Lipinski definition) is 3. The monoisotopic (exact) mass is 513 g/mol. The lowest BCUT2D eigenvalue weighted by Crippen LogP contribution is -2.50. The zero-order valence-corrected chi connectivity index (χ0v) is 19.6. The molecule has 2 N–H and O–H groups in total. The molecule has 0 radical (unpaired) electrons. The number of guanidine groups is 1. The van der Waals surface area contributed by atoms with Crippen LogP contribution in [0.15, 0.2) is 23.2 Å². The largest absolute Gasteiger partial charge is 0.357 e. The van der Waals surface area contributed by atoms with Crippen molar-refractivity contribution in [3.8, 4) is 6.07 Å². The van der Waals surface area contributed by atoms with Gasteiger partial charge in [0.25, 0.3) is 0 Å². The Kier molecular flexibility index (Phi) is 10.2. The van der Waals surface area contributed by atoms with Crippen molar-refractivity contribution < 1.29 is 4.39 Å². The fraction of sp³-hybridized carbons (Fsp3) is 0.636. The molecule has 1 heterocycles. The molecule has 0 bridgehead atoms. The fourth-order valence-corrected chi connectivity index (χ4v) is 4.28. The van der Waals surface area contributed by atoms with E-state index in [-0.39, 0.29) is 36.3 Å². The Morgan fingerprint density at radius 2 is 1.93 bits per heavy atom. The van der Waals surface area contributed by atoms with E-state index >= 15 is 0 Å². The van der Waals surface area contributed by atoms with Gasteiger partial charge in [0, 0.05) is 37.3 Å². The molecular formula is C22H33FIN5. The van der Waals surface area contributed by atoms with Crippen LogP contribution in [0.3, 0.4) is 0 Å². The molecule has 160 valence electrons. The second-order valence-corrected chi connectivity index (χ2v) is 7.86. The summed E-state index contributed by atoms with van der Waals surface area (Å²) in [7, 11) is 0. The van der Waals surface area contributed by atoms with Crippen LogP contribution in [0, 0.1) is 17.1 Å². The van der Waals surface area contributed by atoms with E-state index in [1.54, 1.807) is 12.1 Å². The molecule has 29 heavy (non-hydrogen) atoms. The number of likely N-dealkylation sites (tertiary alicyclic amines) is 1. The maximum Gasteiger partial charge on any atom is 0.191 e. The Labute approximate surface area is 191 Å². The molecule has 0 spiro atoms. The highest BCUT2D eigenvalue weighted by molar-refractivity contribution is 14.0. The van der Waals surface area contributed by atoms with Gasteiger partial charge < -0.3 is 15.5 Å². The number of aliphatic imine (C=N–C) groups is 1. The summed E-state index contributed by atoms with van der Waals surface area (Å²) in [5.41, 5.74) is 0.836. The van der Waals surface area contributed by atoms with Crippen molar-refractivity contribution in [3.05, 3.63) is 35.1 Å². The molecule has 2 fully saturated rings. The number of piperidine rings is 1. The molecule has 1 aromatic rings. The van der Waals surface area contributed by atoms with E-state index in [2.05, 4.69) is 20.5 Å². The quantitative estimate of drug-likeness (QED) is 0.353. The number of rotatable bonds is 5. The van der Waals surface area contributed by atoms with Crippen LogP contribution in [0.2, 0.25) is 0 Å². The molecule has 0 atom stereocenters. The number of nitriles is 1. The van der Waals surface area contributed by atoms with Crippen LogP contribution < -0.4 is 10.6 Å². The number of benzene rings is 1. The molecule has 1 saturated heterocycles. The lowest BCUT2D eigenvalue weighted by Gasteiger charge is -2.39. The smallest absolute Gasteiger partial charge is 0.191 e. The molecule has 7 heteroatoms. The SMILES string of the molecule is CCNC(=NCc1ccc(C#N)cc1F)NC1CCN(C2CCCCC2)CC1.I. The van der Waals surface area contributed by atoms with Crippen molar-refractivity contribution in [1.82, 2.24) is 15.5 Å². The first-order valence-corrected chi connectivity index (χ1v) is 10.7. The molecule has 2 aliphatic rings. The van der Waals surface area contributed by atoms with Gasteiger partial charge in [0.1, 0.15) is 5.82 Å². The second-order valence-electron chi connectivity index (χ2n) is 7.86. The Morgan fingerprint density at radius 3 is 2.55 bits per heavy atom. The van der Waals surface area contributed by atoms with Gasteiger partial charge in [-0.3, -0.25) is 0 Å². The summed E-state index contributed by atoms with van der Waals surface area (Å²) < 4.78 is 14.1. The Hall–Kier alpha value is -1.40. The number of nitrogens with zero attached hydrogens (tertiary/aromatic N) is 3. The Balaban J connectivity index is 0.00000300. The lowest BCUT2D eigenvalue weighted by molar-refractivity contribution is 0.119. The summed E-state index contributed by atoms with van der Waals surface area (Å²) in [6.45, 7) is 5.35. The van der Waals surface area contributed by atoms with Gasteiger partial charge in [0.05, 0.1) is 18.2 Å². The van der Waals surface area contributed by atoms with E-state index in [1.165, 1.54) is 38.2 Å². The van der Waals surface area contributed by atoms with E-state index in [0.29, 0.717) is 17.2 Å². The van der Waals surface area contributed by atoms with Crippen molar-refractivity contribution in [1.29, 1.82) is 5.26 Å². The minimum atomic E-state index is -0.376. The van der Waals surface area contributed by atoms with Crippen LogP contribution >= 0.6 is 24.0 Å². The van der Waals surface area contributed by atoms with Crippen molar-refractivity contribution in [2.45, 2.75) is 70.5 Å². The first-order valence-electron chi connectivity index (χ1n) is 10.7. The minimum absolute atomic E-state index is 0. The van der Waals surface area contributed by atoms with Crippen molar-refractivity contribution in [2.75, 3.05) is 19.6 Å². The van der Waals surface area contributed by atoms with Gasteiger partial charge in [-0.05, 0) is 44.7 Å². The molecule has 5 nitrogen and oxygen atoms in total. The second kappa shape index (κ2) is 12.3. The van der Waals surface area contributed by atoms with Gasteiger partial charge in [-0.1, -0.05) is 25.3 Å². The zero-order valence-electron chi connectivity index (χ0n) is 17.3. The molecular weight excluding hydrogens is 480 g/mol. The van der Waals surface area contributed by atoms with Gasteiger partial charge >= 0.3 is 0 Å². The highest BCUT2D eigenvalue weighted by Crippen LogP contribution is 2.25. The van der Waals surface area contributed by atoms with E-state index in [1.807, 2.05) is 13.0 Å². The van der Waals surface area contributed by atoms with Crippen LogP contribution in [-0.4, -0.2) is 42.6 Å². The number of nitrogens with one attached hydrogen (secondary N) is 2. The normalized spacial score (nSPS) is 19.3. The molecule has 1 aliphatic carbocycles. The highest BCUT2D eigenvalue weighted by Gasteiger charge is 2.26. The zero-order chi connectivity index (χ0) is 19.8. The highest BCUT2D eigenvalue weighted by atomic mass is 127. The van der Waals surface area contributed by atoms with Crippen molar-refractivity contribution in [3.63, 3.8) is 0 Å². The molecule has 0 aromatic heterocycles. The minimum Gasteiger partial charge on any atom is -0.357 e. The third-order valence-electron chi connectivity index (χ3n) is 5.90. The predicted molar refractivity (Wildman–Crippen MR) is 126 cm³/mol. The first-order chi connectivity index (χ1) is 13.7. The van der Waals surface area contributed by atoms with Crippen LogP contribution in [0.5, 0.6) is 0 Å². The summed E-state index contributed by atoms with van der Waals surface area (Å²) in [5, 5.41) is 15.7. The molecule has 3 rings (SSSR count). The average Bonchev–Trinajstić information content (AvgIpc) is 2.74. The third kappa shape index (κ3) is 7.10. The Bertz CT molecular complexity index is 704. The van der Waals surface area contributed by atoms with Crippen LogP contribution in [0.1, 0.15) is 63.0 Å². The number of halogens is 2. The van der Waals surface area contributed by atoms with Gasteiger partial charge in [-0.2, -0.15) is 5.26 Å². The summed E-state index contributed by atoms with van der Waals surface area (Å²) in [6.07, 6.45) is 9.11. The third-order valence-corrected chi connectivity index (χ3v) is 5.90. The molecule has 1 aromatic carbocycles. The summed E-state index contributed by atoms with van der Waals surface area (Å²) in [5.74, 6) is 0.363. The topological polar surface area (TPSA) is 63.5 Å². The van der Waals surface area contributed by atoms with E-state index in [0.717, 1.165) is 44.5 Å². The first kappa shape index (κ1) is 23.9. The van der Waals surface area contributed by atoms with E-state index in [9.17, 15) is 4.39 Å². The van der Waals surface area contributed by atoms with E-state index in [4.69, 9.17) is 5.26 Å². The van der Waals surface area contributed by atoms with Gasteiger partial charge in [0.15, 0.2) is 5.96 Å². The summed E-state index contributed by atoms with van der Waals surface area (Å²) in [4.78, 5) is 7.24. The van der Waals surface area contributed by atoms with Gasteiger partial charge in [0.2, 0.25) is 0 Å². The Morgan fingerprint density at radius 1 is 1.21 bits per heavy atom. The molecule has 0 unspecified atom stereocenters. The maximum absolute atomic E-state index is 14.1. The predicted octanol–water partition coefficient (Wildman–Crippen LogP) is 4.17. The summed E-state index contributed by atoms with van der Waals surface area (Å²) in [6, 6.07) is 7.70. The van der Waals surface area contributed by atoms with Gasteiger partial charge in [-0.15, -0.1) is 24.0 Å². The van der Waals surface area contributed by atoms with Crippen LogP contribution in [0.25, 0.3) is 0 Å². The van der Waals surface area contributed by atoms with Gasteiger partial charge in [-0.25, -0.2) is 9.38 Å². The fourth-order valence-electron chi connectivity index (χ4n) is 4.28. The van der Waals surface area contributed by atoms with Crippen molar-refractivity contribution in [2.24, 2.45) is 4.99 Å². The lowest BCUT2D eigenvalue weighted by atomic mass is 9.92. The van der Waals surface area contributed by atoms with Crippen LogP contribution in [-0.2, 0) is 6.54 Å². The van der Waals surface area contributed by atoms with E-state index < -0.39 is 0 Å². The van der Waals surface area contributed by atoms with Crippen LogP contribution in [0.4, 0.5) is 4.39 Å². The maximum atomic E-state index is 14.1. The standard InChI is InChI=1S/C22H32FN5.HI/c1-2-25-22(26-16-18-9-8-17(15-24)14-21(18)23)27-19-10-12-28(13-11-19)20-6-4-3-5-7-20;/h8-9,14,19-20H,2-7,10-13,16H2,1H3,(H2,25,26,27);1H. The molecule has 1 saturated carbocycles. The number of hydrogen-bond donors (Lipinski definition) is 2. The van der Waals surface area contributed by atoms with Crippen molar-refractivity contribution >= 4 is 29.9 Å². The molecule has 0 amide bonds. The molecule has 1 aliphatic heterocycles. The summed E-state index contributed by atoms with van der Waals surface area (Å²) >= 11 is 0. The average molecular weight is 513 g/mol.